The van der Waals surface area contributed by atoms with Gasteiger partial charge >= 0.3 is 5.97 Å². The summed E-state index contributed by atoms with van der Waals surface area (Å²) < 4.78 is 19.1. The van der Waals surface area contributed by atoms with Gasteiger partial charge in [0, 0.05) is 12.5 Å². The fourth-order valence-electron chi connectivity index (χ4n) is 2.09. The van der Waals surface area contributed by atoms with Gasteiger partial charge < -0.3 is 4.74 Å². The molecule has 100 valence electrons. The Morgan fingerprint density at radius 3 is 2.67 bits per heavy atom. The number of carbonyl (C=O) groups excluding carboxylic acids is 1. The number of rotatable bonds is 6. The Hall–Kier alpha value is -1.38. The van der Waals surface area contributed by atoms with Crippen LogP contribution in [0.25, 0.3) is 0 Å². The van der Waals surface area contributed by atoms with Crippen LogP contribution in [0.1, 0.15) is 56.8 Å². The molecule has 1 rings (SSSR count). The van der Waals surface area contributed by atoms with E-state index >= 15 is 0 Å². The number of aryl methyl sites for hydroxylation is 1. The minimum atomic E-state index is -0.463. The standard InChI is InChI=1S/C15H21FO2/c1-4-5-6-10-14(18-12(3)17)15-11(2)8-7-9-13(15)16/h7-9,14H,4-6,10H2,1-3H3. The minimum absolute atomic E-state index is 0.294. The molecule has 18 heavy (non-hydrogen) atoms. The van der Waals surface area contributed by atoms with E-state index in [2.05, 4.69) is 6.92 Å². The number of carbonyl (C=O) groups is 1. The van der Waals surface area contributed by atoms with Crippen LogP contribution in [-0.2, 0) is 9.53 Å². The number of ether oxygens (including phenoxy) is 1. The Balaban J connectivity index is 2.90. The van der Waals surface area contributed by atoms with Gasteiger partial charge in [0.1, 0.15) is 11.9 Å². The first-order valence-electron chi connectivity index (χ1n) is 6.48. The van der Waals surface area contributed by atoms with Gasteiger partial charge in [0.05, 0.1) is 0 Å². The van der Waals surface area contributed by atoms with Gasteiger partial charge in [-0.15, -0.1) is 0 Å². The largest absolute Gasteiger partial charge is 0.458 e. The number of unbranched alkanes of at least 4 members (excludes halogenated alkanes) is 2. The first-order valence-corrected chi connectivity index (χ1v) is 6.48. The highest BCUT2D eigenvalue weighted by molar-refractivity contribution is 5.66. The molecule has 0 spiro atoms. The third-order valence-corrected chi connectivity index (χ3v) is 2.97. The van der Waals surface area contributed by atoms with Crippen molar-refractivity contribution in [2.24, 2.45) is 0 Å². The number of esters is 1. The van der Waals surface area contributed by atoms with Crippen molar-refractivity contribution in [2.75, 3.05) is 0 Å². The molecule has 0 aromatic heterocycles. The van der Waals surface area contributed by atoms with Gasteiger partial charge in [-0.25, -0.2) is 4.39 Å². The van der Waals surface area contributed by atoms with E-state index in [1.165, 1.54) is 13.0 Å². The van der Waals surface area contributed by atoms with Gasteiger partial charge in [0.2, 0.25) is 0 Å². The zero-order valence-corrected chi connectivity index (χ0v) is 11.3. The minimum Gasteiger partial charge on any atom is -0.458 e. The zero-order chi connectivity index (χ0) is 13.5. The van der Waals surface area contributed by atoms with Gasteiger partial charge in [0.15, 0.2) is 0 Å². The molecule has 1 unspecified atom stereocenters. The number of hydrogen-bond acceptors (Lipinski definition) is 2. The van der Waals surface area contributed by atoms with Crippen LogP contribution in [-0.4, -0.2) is 5.97 Å². The lowest BCUT2D eigenvalue weighted by Crippen LogP contribution is -2.12. The molecule has 0 N–H and O–H groups in total. The van der Waals surface area contributed by atoms with Crippen LogP contribution in [0, 0.1) is 12.7 Å². The van der Waals surface area contributed by atoms with Crippen molar-refractivity contribution in [3.8, 4) is 0 Å². The molecule has 3 heteroatoms. The van der Waals surface area contributed by atoms with Crippen molar-refractivity contribution in [1.82, 2.24) is 0 Å². The van der Waals surface area contributed by atoms with E-state index in [-0.39, 0.29) is 11.8 Å². The lowest BCUT2D eigenvalue weighted by Gasteiger charge is -2.20. The molecule has 0 aliphatic rings. The molecule has 0 aliphatic heterocycles. The number of halogens is 1. The van der Waals surface area contributed by atoms with E-state index in [0.717, 1.165) is 24.8 Å². The van der Waals surface area contributed by atoms with Crippen LogP contribution >= 0.6 is 0 Å². The molecule has 1 aromatic carbocycles. The Bertz CT molecular complexity index is 381. The Morgan fingerprint density at radius 1 is 1.39 bits per heavy atom. The average Bonchev–Trinajstić information content (AvgIpc) is 2.28. The lowest BCUT2D eigenvalue weighted by molar-refractivity contribution is -0.147. The molecule has 0 saturated heterocycles. The van der Waals surface area contributed by atoms with Crippen molar-refractivity contribution < 1.29 is 13.9 Å². The molecule has 0 radical (unpaired) electrons. The monoisotopic (exact) mass is 252 g/mol. The molecule has 0 saturated carbocycles. The van der Waals surface area contributed by atoms with Crippen molar-refractivity contribution >= 4 is 5.97 Å². The maximum absolute atomic E-state index is 13.9. The van der Waals surface area contributed by atoms with Gasteiger partial charge in [0.25, 0.3) is 0 Å². The van der Waals surface area contributed by atoms with Crippen molar-refractivity contribution in [1.29, 1.82) is 0 Å². The highest BCUT2D eigenvalue weighted by atomic mass is 19.1. The number of benzene rings is 1. The van der Waals surface area contributed by atoms with Crippen molar-refractivity contribution in [3.63, 3.8) is 0 Å². The van der Waals surface area contributed by atoms with Gasteiger partial charge in [-0.2, -0.15) is 0 Å². The fraction of sp³-hybridized carbons (Fsp3) is 0.533. The predicted molar refractivity (Wildman–Crippen MR) is 69.8 cm³/mol. The zero-order valence-electron chi connectivity index (χ0n) is 11.3. The maximum Gasteiger partial charge on any atom is 0.303 e. The third kappa shape index (κ3) is 4.13. The maximum atomic E-state index is 13.9. The van der Waals surface area contributed by atoms with E-state index in [1.54, 1.807) is 6.07 Å². The van der Waals surface area contributed by atoms with E-state index in [4.69, 9.17) is 4.74 Å². The van der Waals surface area contributed by atoms with Crippen LogP contribution < -0.4 is 0 Å². The molecule has 0 bridgehead atoms. The summed E-state index contributed by atoms with van der Waals surface area (Å²) >= 11 is 0. The van der Waals surface area contributed by atoms with Crippen LogP contribution in [0.4, 0.5) is 4.39 Å². The molecule has 0 aliphatic carbocycles. The van der Waals surface area contributed by atoms with Crippen LogP contribution in [0.15, 0.2) is 18.2 Å². The summed E-state index contributed by atoms with van der Waals surface area (Å²) in [5.41, 5.74) is 1.35. The Kier molecular flexibility index (Phi) is 5.83. The predicted octanol–water partition coefficient (Wildman–Crippen LogP) is 4.32. The molecule has 1 atom stereocenters. The van der Waals surface area contributed by atoms with E-state index in [0.29, 0.717) is 12.0 Å². The summed E-state index contributed by atoms with van der Waals surface area (Å²) in [4.78, 5) is 11.1. The van der Waals surface area contributed by atoms with Crippen LogP contribution in [0.5, 0.6) is 0 Å². The fourth-order valence-corrected chi connectivity index (χ4v) is 2.09. The second-order valence-electron chi connectivity index (χ2n) is 4.56. The van der Waals surface area contributed by atoms with E-state index in [9.17, 15) is 9.18 Å². The van der Waals surface area contributed by atoms with Gasteiger partial charge in [-0.05, 0) is 31.4 Å². The molecule has 1 aromatic rings. The smallest absolute Gasteiger partial charge is 0.303 e. The average molecular weight is 252 g/mol. The number of hydrogen-bond donors (Lipinski definition) is 0. The third-order valence-electron chi connectivity index (χ3n) is 2.97. The summed E-state index contributed by atoms with van der Waals surface area (Å²) in [5, 5.41) is 0. The summed E-state index contributed by atoms with van der Waals surface area (Å²) in [7, 11) is 0. The first kappa shape index (κ1) is 14.7. The SMILES string of the molecule is CCCCCC(OC(C)=O)c1c(C)cccc1F. The van der Waals surface area contributed by atoms with Crippen molar-refractivity contribution in [3.05, 3.63) is 35.1 Å². The van der Waals surface area contributed by atoms with Crippen LogP contribution in [0.2, 0.25) is 0 Å². The molecule has 2 nitrogen and oxygen atoms in total. The molecule has 0 amide bonds. The van der Waals surface area contributed by atoms with Crippen molar-refractivity contribution in [2.45, 2.75) is 52.6 Å². The first-order chi connectivity index (χ1) is 8.56. The second-order valence-corrected chi connectivity index (χ2v) is 4.56. The van der Waals surface area contributed by atoms with E-state index < -0.39 is 6.10 Å². The normalized spacial score (nSPS) is 12.2. The second kappa shape index (κ2) is 7.14. The Labute approximate surface area is 108 Å². The highest BCUT2D eigenvalue weighted by Crippen LogP contribution is 2.29. The molecular weight excluding hydrogens is 231 g/mol. The van der Waals surface area contributed by atoms with Crippen LogP contribution in [0.3, 0.4) is 0 Å². The summed E-state index contributed by atoms with van der Waals surface area (Å²) in [5.74, 6) is -0.656. The molecule has 0 fully saturated rings. The summed E-state index contributed by atoms with van der Waals surface area (Å²) in [6.45, 7) is 5.31. The highest BCUT2D eigenvalue weighted by Gasteiger charge is 2.20. The van der Waals surface area contributed by atoms with E-state index in [1.807, 2.05) is 13.0 Å². The van der Waals surface area contributed by atoms with Gasteiger partial charge in [-0.1, -0.05) is 31.9 Å². The summed E-state index contributed by atoms with van der Waals surface area (Å²) in [6, 6.07) is 4.93. The van der Waals surface area contributed by atoms with Gasteiger partial charge in [-0.3, -0.25) is 4.79 Å². The topological polar surface area (TPSA) is 26.3 Å². The quantitative estimate of drug-likeness (QED) is 0.556. The lowest BCUT2D eigenvalue weighted by atomic mass is 9.98. The molecule has 0 heterocycles. The molecular formula is C15H21FO2. The summed E-state index contributed by atoms with van der Waals surface area (Å²) in [6.07, 6.45) is 3.29. The Morgan fingerprint density at radius 2 is 2.11 bits per heavy atom.